The average molecular weight is 336 g/mol. The van der Waals surface area contributed by atoms with Gasteiger partial charge in [-0.25, -0.2) is 4.98 Å². The summed E-state index contributed by atoms with van der Waals surface area (Å²) in [5, 5.41) is 14.0. The highest BCUT2D eigenvalue weighted by atomic mass is 32.1. The highest BCUT2D eigenvalue weighted by molar-refractivity contribution is 7.11. The zero-order valence-corrected chi connectivity index (χ0v) is 14.9. The summed E-state index contributed by atoms with van der Waals surface area (Å²) in [5.41, 5.74) is 2.78. The predicted octanol–water partition coefficient (Wildman–Crippen LogP) is 3.31. The van der Waals surface area contributed by atoms with Crippen LogP contribution in [0.25, 0.3) is 0 Å². The van der Waals surface area contributed by atoms with Crippen LogP contribution in [0.5, 0.6) is 5.75 Å². The summed E-state index contributed by atoms with van der Waals surface area (Å²) in [5.74, 6) is 0.696. The molecule has 0 amide bonds. The van der Waals surface area contributed by atoms with Crippen molar-refractivity contribution >= 4 is 17.0 Å². The summed E-state index contributed by atoms with van der Waals surface area (Å²) in [6, 6.07) is 5.88. The average Bonchev–Trinajstić information content (AvgIpc) is 2.93. The number of aryl methyl sites for hydroxylation is 1. The second kappa shape index (κ2) is 8.29. The molecule has 2 N–H and O–H groups in total. The summed E-state index contributed by atoms with van der Waals surface area (Å²) in [7, 11) is 3.31. The van der Waals surface area contributed by atoms with Gasteiger partial charge in [-0.05, 0) is 32.0 Å². The van der Waals surface area contributed by atoms with Gasteiger partial charge >= 0.3 is 0 Å². The minimum Gasteiger partial charge on any atom is -0.496 e. The zero-order chi connectivity index (χ0) is 16.8. The Bertz CT molecular complexity index is 643. The molecule has 0 bridgehead atoms. The topological polar surface area (TPSA) is 63.6 Å². The van der Waals surface area contributed by atoms with Crippen molar-refractivity contribution in [3.8, 4) is 5.75 Å². The Morgan fingerprint density at radius 1 is 1.35 bits per heavy atom. The Kier molecular flexibility index (Phi) is 6.38. The van der Waals surface area contributed by atoms with Crippen LogP contribution in [0.3, 0.4) is 0 Å². The fourth-order valence-electron chi connectivity index (χ4n) is 2.47. The van der Waals surface area contributed by atoms with E-state index in [4.69, 9.17) is 9.47 Å². The summed E-state index contributed by atoms with van der Waals surface area (Å²) in [4.78, 5) is 5.83. The molecule has 1 aromatic carbocycles. The lowest BCUT2D eigenvalue weighted by Crippen LogP contribution is -2.07. The lowest BCUT2D eigenvalue weighted by molar-refractivity contribution is 0.202. The molecule has 0 saturated heterocycles. The van der Waals surface area contributed by atoms with Crippen molar-refractivity contribution in [3.63, 3.8) is 0 Å². The van der Waals surface area contributed by atoms with E-state index >= 15 is 0 Å². The zero-order valence-electron chi connectivity index (χ0n) is 14.0. The fraction of sp³-hybridized carbons (Fsp3) is 0.471. The standard InChI is InChI=1S/C17H24N2O3S/c1-11(17-12(2)19-16(23-17)7-8-21-3)18-14-5-6-15(22-4)13(9-14)10-20/h5-6,9,11,18,20H,7-8,10H2,1-4H3. The van der Waals surface area contributed by atoms with Crippen LogP contribution in [0.4, 0.5) is 5.69 Å². The third-order valence-corrected chi connectivity index (χ3v) is 5.02. The van der Waals surface area contributed by atoms with Gasteiger partial charge < -0.3 is 19.9 Å². The van der Waals surface area contributed by atoms with Crippen LogP contribution in [0.15, 0.2) is 18.2 Å². The van der Waals surface area contributed by atoms with Crippen LogP contribution >= 0.6 is 11.3 Å². The van der Waals surface area contributed by atoms with Crippen LogP contribution in [-0.2, 0) is 17.8 Å². The molecule has 0 saturated carbocycles. The Morgan fingerprint density at radius 3 is 2.78 bits per heavy atom. The Labute approximate surface area is 141 Å². The van der Waals surface area contributed by atoms with E-state index in [2.05, 4.69) is 17.2 Å². The van der Waals surface area contributed by atoms with E-state index < -0.39 is 0 Å². The number of methoxy groups -OCH3 is 2. The largest absolute Gasteiger partial charge is 0.496 e. The monoisotopic (exact) mass is 336 g/mol. The fourth-order valence-corrected chi connectivity index (χ4v) is 3.52. The van der Waals surface area contributed by atoms with Gasteiger partial charge in [-0.2, -0.15) is 0 Å². The molecular weight excluding hydrogens is 312 g/mol. The van der Waals surface area contributed by atoms with Crippen LogP contribution in [0, 0.1) is 6.92 Å². The van der Waals surface area contributed by atoms with Gasteiger partial charge in [0.15, 0.2) is 0 Å². The van der Waals surface area contributed by atoms with E-state index in [-0.39, 0.29) is 12.6 Å². The molecule has 0 aliphatic heterocycles. The van der Waals surface area contributed by atoms with Gasteiger partial charge in [0, 0.05) is 29.7 Å². The second-order valence-electron chi connectivity index (χ2n) is 5.35. The molecule has 23 heavy (non-hydrogen) atoms. The number of ether oxygens (including phenoxy) is 2. The number of hydrogen-bond donors (Lipinski definition) is 2. The number of hydrogen-bond acceptors (Lipinski definition) is 6. The van der Waals surface area contributed by atoms with Gasteiger partial charge in [-0.1, -0.05) is 0 Å². The third kappa shape index (κ3) is 4.43. The first kappa shape index (κ1) is 17.7. The predicted molar refractivity (Wildman–Crippen MR) is 93.4 cm³/mol. The number of rotatable bonds is 8. The van der Waals surface area contributed by atoms with Crippen molar-refractivity contribution in [2.45, 2.75) is 32.9 Å². The van der Waals surface area contributed by atoms with Gasteiger partial charge in [0.25, 0.3) is 0 Å². The molecule has 0 fully saturated rings. The molecule has 6 heteroatoms. The third-order valence-electron chi connectivity index (χ3n) is 3.62. The number of benzene rings is 1. The number of anilines is 1. The van der Waals surface area contributed by atoms with E-state index in [1.807, 2.05) is 25.1 Å². The van der Waals surface area contributed by atoms with Crippen molar-refractivity contribution in [3.05, 3.63) is 39.3 Å². The summed E-state index contributed by atoms with van der Waals surface area (Å²) in [6.45, 7) is 4.79. The molecule has 0 aliphatic rings. The van der Waals surface area contributed by atoms with Gasteiger partial charge in [0.2, 0.25) is 0 Å². The molecule has 0 radical (unpaired) electrons. The van der Waals surface area contributed by atoms with E-state index in [0.29, 0.717) is 12.4 Å². The lowest BCUT2D eigenvalue weighted by atomic mass is 10.1. The van der Waals surface area contributed by atoms with Gasteiger partial charge in [0.1, 0.15) is 5.75 Å². The molecule has 1 atom stereocenters. The molecule has 5 nitrogen and oxygen atoms in total. The van der Waals surface area contributed by atoms with Gasteiger partial charge in [0.05, 0.1) is 37.1 Å². The number of aliphatic hydroxyl groups is 1. The Morgan fingerprint density at radius 2 is 2.13 bits per heavy atom. The number of aromatic nitrogens is 1. The highest BCUT2D eigenvalue weighted by Crippen LogP contribution is 2.30. The molecule has 1 unspecified atom stereocenters. The van der Waals surface area contributed by atoms with Crippen LogP contribution in [0.1, 0.15) is 34.1 Å². The molecule has 2 aromatic rings. The Balaban J connectivity index is 2.12. The van der Waals surface area contributed by atoms with E-state index in [0.717, 1.165) is 28.4 Å². The maximum absolute atomic E-state index is 9.43. The lowest BCUT2D eigenvalue weighted by Gasteiger charge is -2.16. The smallest absolute Gasteiger partial charge is 0.124 e. The summed E-state index contributed by atoms with van der Waals surface area (Å²) in [6.07, 6.45) is 0.839. The van der Waals surface area contributed by atoms with E-state index in [1.165, 1.54) is 4.88 Å². The van der Waals surface area contributed by atoms with Crippen molar-refractivity contribution in [2.24, 2.45) is 0 Å². The van der Waals surface area contributed by atoms with Crippen molar-refractivity contribution in [1.29, 1.82) is 0 Å². The number of thiazole rings is 1. The SMILES string of the molecule is COCCc1nc(C)c(C(C)Nc2ccc(OC)c(CO)c2)s1. The summed E-state index contributed by atoms with van der Waals surface area (Å²) >= 11 is 1.72. The summed E-state index contributed by atoms with van der Waals surface area (Å²) < 4.78 is 10.3. The van der Waals surface area contributed by atoms with Crippen molar-refractivity contribution < 1.29 is 14.6 Å². The molecule has 1 aromatic heterocycles. The van der Waals surface area contributed by atoms with E-state index in [9.17, 15) is 5.11 Å². The first-order valence-electron chi connectivity index (χ1n) is 7.58. The maximum atomic E-state index is 9.43. The number of nitrogens with zero attached hydrogens (tertiary/aromatic N) is 1. The first-order chi connectivity index (χ1) is 11.1. The maximum Gasteiger partial charge on any atom is 0.124 e. The van der Waals surface area contributed by atoms with Crippen LogP contribution in [-0.4, -0.2) is 30.9 Å². The molecular formula is C17H24N2O3S. The molecule has 1 heterocycles. The van der Waals surface area contributed by atoms with Crippen molar-refractivity contribution in [2.75, 3.05) is 26.1 Å². The van der Waals surface area contributed by atoms with Gasteiger partial charge in [-0.3, -0.25) is 0 Å². The van der Waals surface area contributed by atoms with Crippen LogP contribution in [0.2, 0.25) is 0 Å². The minimum atomic E-state index is -0.0478. The highest BCUT2D eigenvalue weighted by Gasteiger charge is 2.15. The first-order valence-corrected chi connectivity index (χ1v) is 8.40. The van der Waals surface area contributed by atoms with E-state index in [1.54, 1.807) is 25.6 Å². The minimum absolute atomic E-state index is 0.0478. The van der Waals surface area contributed by atoms with Gasteiger partial charge in [-0.15, -0.1) is 11.3 Å². The molecule has 2 rings (SSSR count). The number of aliphatic hydroxyl groups excluding tert-OH is 1. The quantitative estimate of drug-likeness (QED) is 0.774. The second-order valence-corrected chi connectivity index (χ2v) is 6.47. The number of nitrogens with one attached hydrogen (secondary N) is 1. The van der Waals surface area contributed by atoms with Crippen LogP contribution < -0.4 is 10.1 Å². The molecule has 126 valence electrons. The normalized spacial score (nSPS) is 12.2. The Hall–Kier alpha value is -1.63. The molecule has 0 spiro atoms. The van der Waals surface area contributed by atoms with Crippen molar-refractivity contribution in [1.82, 2.24) is 4.98 Å². The molecule has 0 aliphatic carbocycles.